The van der Waals surface area contributed by atoms with E-state index in [1.165, 1.54) is 56.2 Å². The molecule has 0 aliphatic rings. The summed E-state index contributed by atoms with van der Waals surface area (Å²) in [5.74, 6) is -0.601. The Hall–Kier alpha value is -3.20. The second-order valence-electron chi connectivity index (χ2n) is 5.68. The predicted octanol–water partition coefficient (Wildman–Crippen LogP) is 2.77. The number of fused-ring (bicyclic) bond motifs is 1. The molecule has 1 heterocycles. The van der Waals surface area contributed by atoms with Gasteiger partial charge in [0, 0.05) is 11.6 Å². The van der Waals surface area contributed by atoms with E-state index in [4.69, 9.17) is 14.2 Å². The maximum absolute atomic E-state index is 13.6. The zero-order valence-electron chi connectivity index (χ0n) is 15.4. The molecule has 2 aromatic carbocycles. The van der Waals surface area contributed by atoms with Gasteiger partial charge in [-0.15, -0.1) is 0 Å². The van der Waals surface area contributed by atoms with Crippen LogP contribution in [0.25, 0.3) is 10.2 Å². The lowest BCUT2D eigenvalue weighted by atomic mass is 10.2. The van der Waals surface area contributed by atoms with Crippen molar-refractivity contribution in [3.63, 3.8) is 0 Å². The van der Waals surface area contributed by atoms with Crippen molar-refractivity contribution >= 4 is 33.4 Å². The van der Waals surface area contributed by atoms with Crippen LogP contribution in [0.5, 0.6) is 11.5 Å². The SMILES string of the molecule is COC(=O)Cn1c(=NC(=O)c2cc(OC)cc(OC)c2)sc2cc(F)ccc21. The smallest absolute Gasteiger partial charge is 0.325 e. The molecule has 7 nitrogen and oxygen atoms in total. The van der Waals surface area contributed by atoms with Crippen molar-refractivity contribution in [1.82, 2.24) is 4.57 Å². The van der Waals surface area contributed by atoms with Crippen molar-refractivity contribution in [3.05, 3.63) is 52.6 Å². The topological polar surface area (TPSA) is 79.1 Å². The number of nitrogens with zero attached hydrogens (tertiary/aromatic N) is 2. The zero-order valence-corrected chi connectivity index (χ0v) is 16.2. The van der Waals surface area contributed by atoms with Crippen LogP contribution >= 0.6 is 11.3 Å². The minimum Gasteiger partial charge on any atom is -0.497 e. The monoisotopic (exact) mass is 404 g/mol. The number of rotatable bonds is 5. The Kier molecular flexibility index (Phi) is 5.74. The van der Waals surface area contributed by atoms with Crippen molar-refractivity contribution in [2.24, 2.45) is 4.99 Å². The van der Waals surface area contributed by atoms with Crippen LogP contribution in [-0.4, -0.2) is 37.8 Å². The highest BCUT2D eigenvalue weighted by Gasteiger charge is 2.14. The molecule has 1 amide bonds. The number of halogens is 1. The molecule has 0 spiro atoms. The Bertz CT molecular complexity index is 1100. The normalized spacial score (nSPS) is 11.5. The number of amides is 1. The van der Waals surface area contributed by atoms with E-state index in [0.29, 0.717) is 21.7 Å². The van der Waals surface area contributed by atoms with Crippen molar-refractivity contribution in [3.8, 4) is 11.5 Å². The first kappa shape index (κ1) is 19.6. The van der Waals surface area contributed by atoms with Gasteiger partial charge >= 0.3 is 5.97 Å². The summed E-state index contributed by atoms with van der Waals surface area (Å²) in [7, 11) is 4.22. The van der Waals surface area contributed by atoms with E-state index in [2.05, 4.69) is 4.99 Å². The first-order chi connectivity index (χ1) is 13.4. The molecule has 0 atom stereocenters. The molecule has 0 saturated heterocycles. The van der Waals surface area contributed by atoms with E-state index < -0.39 is 17.7 Å². The molecule has 28 heavy (non-hydrogen) atoms. The summed E-state index contributed by atoms with van der Waals surface area (Å²) in [4.78, 5) is 28.9. The van der Waals surface area contributed by atoms with E-state index in [-0.39, 0.29) is 16.9 Å². The second kappa shape index (κ2) is 8.22. The third-order valence-electron chi connectivity index (χ3n) is 3.96. The molecule has 3 rings (SSSR count). The number of ether oxygens (including phenoxy) is 3. The molecule has 0 N–H and O–H groups in total. The largest absolute Gasteiger partial charge is 0.497 e. The van der Waals surface area contributed by atoms with Gasteiger partial charge in [0.1, 0.15) is 23.9 Å². The number of hydrogen-bond donors (Lipinski definition) is 0. The average molecular weight is 404 g/mol. The van der Waals surface area contributed by atoms with Gasteiger partial charge in [-0.1, -0.05) is 11.3 Å². The maximum Gasteiger partial charge on any atom is 0.325 e. The molecule has 0 fully saturated rings. The van der Waals surface area contributed by atoms with Gasteiger partial charge in [0.05, 0.1) is 31.5 Å². The Morgan fingerprint density at radius 1 is 1.07 bits per heavy atom. The summed E-state index contributed by atoms with van der Waals surface area (Å²) < 4.78 is 30.7. The van der Waals surface area contributed by atoms with E-state index in [1.807, 2.05) is 0 Å². The highest BCUT2D eigenvalue weighted by atomic mass is 32.1. The number of thiazole rings is 1. The predicted molar refractivity (Wildman–Crippen MR) is 101 cm³/mol. The summed E-state index contributed by atoms with van der Waals surface area (Å²) in [6, 6.07) is 8.84. The lowest BCUT2D eigenvalue weighted by molar-refractivity contribution is -0.141. The molecular weight excluding hydrogens is 387 g/mol. The third kappa shape index (κ3) is 4.04. The van der Waals surface area contributed by atoms with Gasteiger partial charge in [-0.2, -0.15) is 4.99 Å². The Morgan fingerprint density at radius 3 is 2.36 bits per heavy atom. The second-order valence-corrected chi connectivity index (χ2v) is 6.69. The van der Waals surface area contributed by atoms with Crippen LogP contribution in [0.2, 0.25) is 0 Å². The number of benzene rings is 2. The number of esters is 1. The molecule has 9 heteroatoms. The molecular formula is C19H17FN2O5S. The first-order valence-corrected chi connectivity index (χ1v) is 8.94. The number of methoxy groups -OCH3 is 3. The molecule has 0 aliphatic heterocycles. The van der Waals surface area contributed by atoms with E-state index >= 15 is 0 Å². The number of carbonyl (C=O) groups excluding carboxylic acids is 2. The fourth-order valence-corrected chi connectivity index (χ4v) is 3.61. The summed E-state index contributed by atoms with van der Waals surface area (Å²) in [5, 5.41) is 0. The lowest BCUT2D eigenvalue weighted by Gasteiger charge is -2.06. The first-order valence-electron chi connectivity index (χ1n) is 8.13. The number of carbonyl (C=O) groups is 2. The van der Waals surface area contributed by atoms with Gasteiger partial charge in [0.15, 0.2) is 4.80 Å². The average Bonchev–Trinajstić information content (AvgIpc) is 3.03. The van der Waals surface area contributed by atoms with Crippen LogP contribution in [0.15, 0.2) is 41.4 Å². The molecule has 146 valence electrons. The fourth-order valence-electron chi connectivity index (χ4n) is 2.56. The summed E-state index contributed by atoms with van der Waals surface area (Å²) in [5.41, 5.74) is 0.830. The van der Waals surface area contributed by atoms with Crippen molar-refractivity contribution < 1.29 is 28.2 Å². The van der Waals surface area contributed by atoms with Crippen LogP contribution in [0.4, 0.5) is 4.39 Å². The Balaban J connectivity index is 2.13. The standard InChI is InChI=1S/C19H17FN2O5S/c1-25-13-6-11(7-14(9-13)26-2)18(24)21-19-22(10-17(23)27-3)15-5-4-12(20)8-16(15)28-19/h4-9H,10H2,1-3H3. The highest BCUT2D eigenvalue weighted by molar-refractivity contribution is 7.16. The Labute approximate surface area is 163 Å². The maximum atomic E-state index is 13.6. The van der Waals surface area contributed by atoms with Crippen LogP contribution in [0.3, 0.4) is 0 Å². The van der Waals surface area contributed by atoms with Gasteiger partial charge in [-0.05, 0) is 30.3 Å². The van der Waals surface area contributed by atoms with Crippen LogP contribution in [-0.2, 0) is 16.1 Å². The molecule has 3 aromatic rings. The molecule has 0 saturated carbocycles. The number of aromatic nitrogens is 1. The highest BCUT2D eigenvalue weighted by Crippen LogP contribution is 2.23. The van der Waals surface area contributed by atoms with Gasteiger partial charge in [-0.3, -0.25) is 9.59 Å². The van der Waals surface area contributed by atoms with Crippen molar-refractivity contribution in [2.75, 3.05) is 21.3 Å². The third-order valence-corrected chi connectivity index (χ3v) is 5.00. The minimum absolute atomic E-state index is 0.157. The van der Waals surface area contributed by atoms with Crippen LogP contribution in [0, 0.1) is 5.82 Å². The number of hydrogen-bond acceptors (Lipinski definition) is 6. The van der Waals surface area contributed by atoms with Crippen LogP contribution < -0.4 is 14.3 Å². The molecule has 0 radical (unpaired) electrons. The van der Waals surface area contributed by atoms with Gasteiger partial charge < -0.3 is 18.8 Å². The van der Waals surface area contributed by atoms with E-state index in [1.54, 1.807) is 6.07 Å². The molecule has 0 unspecified atom stereocenters. The molecule has 1 aromatic heterocycles. The quantitative estimate of drug-likeness (QED) is 0.611. The summed E-state index contributed by atoms with van der Waals surface area (Å²) >= 11 is 1.10. The molecule has 0 bridgehead atoms. The van der Waals surface area contributed by atoms with Crippen LogP contribution in [0.1, 0.15) is 10.4 Å². The fraction of sp³-hybridized carbons (Fsp3) is 0.211. The summed E-state index contributed by atoms with van der Waals surface area (Å²) in [6.07, 6.45) is 0. The zero-order chi connectivity index (χ0) is 20.3. The van der Waals surface area contributed by atoms with Crippen molar-refractivity contribution in [2.45, 2.75) is 6.54 Å². The minimum atomic E-state index is -0.553. The lowest BCUT2D eigenvalue weighted by Crippen LogP contribution is -2.22. The summed E-state index contributed by atoms with van der Waals surface area (Å²) in [6.45, 7) is -0.157. The van der Waals surface area contributed by atoms with E-state index in [9.17, 15) is 14.0 Å². The molecule has 0 aliphatic carbocycles. The Morgan fingerprint density at radius 2 is 1.75 bits per heavy atom. The van der Waals surface area contributed by atoms with Crippen molar-refractivity contribution in [1.29, 1.82) is 0 Å². The van der Waals surface area contributed by atoms with Gasteiger partial charge in [0.25, 0.3) is 5.91 Å². The van der Waals surface area contributed by atoms with E-state index in [0.717, 1.165) is 11.3 Å². The van der Waals surface area contributed by atoms with Gasteiger partial charge in [-0.25, -0.2) is 4.39 Å². The van der Waals surface area contributed by atoms with Gasteiger partial charge in [0.2, 0.25) is 0 Å².